The van der Waals surface area contributed by atoms with Crippen molar-refractivity contribution in [3.05, 3.63) is 40.7 Å². The summed E-state index contributed by atoms with van der Waals surface area (Å²) in [5.41, 5.74) is 1.01. The molecule has 2 N–H and O–H groups in total. The van der Waals surface area contributed by atoms with E-state index >= 15 is 0 Å². The van der Waals surface area contributed by atoms with Crippen LogP contribution in [-0.2, 0) is 0 Å². The molecule has 8 heteroatoms. The van der Waals surface area contributed by atoms with Crippen molar-refractivity contribution in [2.45, 2.75) is 45.2 Å². The highest BCUT2D eigenvalue weighted by Gasteiger charge is 2.32. The van der Waals surface area contributed by atoms with Crippen molar-refractivity contribution in [3.63, 3.8) is 0 Å². The van der Waals surface area contributed by atoms with Crippen LogP contribution in [0, 0.1) is 0 Å². The highest BCUT2D eigenvalue weighted by molar-refractivity contribution is 6.31. The number of anilines is 1. The van der Waals surface area contributed by atoms with Crippen LogP contribution in [0.4, 0.5) is 5.69 Å². The summed E-state index contributed by atoms with van der Waals surface area (Å²) in [5, 5.41) is 3.23. The number of methoxy groups -OCH3 is 2. The first-order valence-electron chi connectivity index (χ1n) is 9.59. The summed E-state index contributed by atoms with van der Waals surface area (Å²) in [6.45, 7) is 4.10. The number of nitrogens with one attached hydrogen (secondary N) is 2. The Balaban J connectivity index is 2.01. The minimum absolute atomic E-state index is 0.116. The lowest BCUT2D eigenvalue weighted by Gasteiger charge is -2.39. The molecule has 1 fully saturated rings. The second-order valence-corrected chi connectivity index (χ2v) is 7.72. The number of hydrogen-bond donors (Lipinski definition) is 2. The number of nitrogens with zero attached hydrogens (tertiary/aromatic N) is 1. The zero-order chi connectivity index (χ0) is 21.1. The topological polar surface area (TPSA) is 83.7 Å². The standard InChI is InChI=1S/C21H26ClN3O4/c1-12-6-5-7-13(2)25(12)21(27)15-9-18(28-3)19(29-4)10-16(15)24-20(26)17-8-14(22)11-23-17/h8-13,23H,5-7H2,1-4H3,(H,24,26). The summed E-state index contributed by atoms with van der Waals surface area (Å²) in [5.74, 6) is 0.293. The molecule has 1 aromatic carbocycles. The van der Waals surface area contributed by atoms with Gasteiger partial charge >= 0.3 is 0 Å². The smallest absolute Gasteiger partial charge is 0.272 e. The van der Waals surface area contributed by atoms with Gasteiger partial charge in [-0.25, -0.2) is 0 Å². The van der Waals surface area contributed by atoms with Crippen molar-refractivity contribution in [1.29, 1.82) is 0 Å². The van der Waals surface area contributed by atoms with Gasteiger partial charge in [0.25, 0.3) is 11.8 Å². The summed E-state index contributed by atoms with van der Waals surface area (Å²) < 4.78 is 10.7. The van der Waals surface area contributed by atoms with Gasteiger partial charge in [-0.1, -0.05) is 11.6 Å². The van der Waals surface area contributed by atoms with Crippen LogP contribution in [0.15, 0.2) is 24.4 Å². The molecule has 29 heavy (non-hydrogen) atoms. The SMILES string of the molecule is COc1cc(NC(=O)c2cc(Cl)c[nH]2)c(C(=O)N2C(C)CCCC2C)cc1OC. The maximum Gasteiger partial charge on any atom is 0.272 e. The van der Waals surface area contributed by atoms with Gasteiger partial charge < -0.3 is 24.7 Å². The molecule has 0 spiro atoms. The number of halogens is 1. The number of hydrogen-bond acceptors (Lipinski definition) is 4. The molecule has 1 aliphatic rings. The number of piperidine rings is 1. The minimum atomic E-state index is -0.405. The second kappa shape index (κ2) is 8.78. The number of carbonyl (C=O) groups is 2. The molecule has 156 valence electrons. The fourth-order valence-corrected chi connectivity index (χ4v) is 3.97. The van der Waals surface area contributed by atoms with E-state index in [0.29, 0.717) is 33.5 Å². The van der Waals surface area contributed by atoms with E-state index in [1.165, 1.54) is 26.5 Å². The Kier molecular flexibility index (Phi) is 6.37. The first kappa shape index (κ1) is 21.0. The molecule has 2 aromatic rings. The molecule has 2 atom stereocenters. The molecule has 2 heterocycles. The number of H-pyrrole nitrogens is 1. The third-order valence-electron chi connectivity index (χ3n) is 5.32. The van der Waals surface area contributed by atoms with Crippen molar-refractivity contribution in [1.82, 2.24) is 9.88 Å². The molecule has 1 aliphatic heterocycles. The maximum atomic E-state index is 13.5. The third kappa shape index (κ3) is 4.34. The van der Waals surface area contributed by atoms with Gasteiger partial charge in [0, 0.05) is 24.3 Å². The number of aromatic amines is 1. The van der Waals surface area contributed by atoms with Crippen molar-refractivity contribution in [3.8, 4) is 11.5 Å². The Labute approximate surface area is 175 Å². The molecule has 0 aliphatic carbocycles. The quantitative estimate of drug-likeness (QED) is 0.755. The monoisotopic (exact) mass is 419 g/mol. The molecular weight excluding hydrogens is 394 g/mol. The predicted molar refractivity (Wildman–Crippen MR) is 112 cm³/mol. The van der Waals surface area contributed by atoms with E-state index in [9.17, 15) is 9.59 Å². The Morgan fingerprint density at radius 3 is 2.28 bits per heavy atom. The van der Waals surface area contributed by atoms with Gasteiger partial charge in [-0.2, -0.15) is 0 Å². The normalized spacial score (nSPS) is 19.0. The average Bonchev–Trinajstić information content (AvgIpc) is 3.13. The van der Waals surface area contributed by atoms with E-state index in [0.717, 1.165) is 19.3 Å². The summed E-state index contributed by atoms with van der Waals surface area (Å²) in [4.78, 5) is 30.8. The first-order chi connectivity index (χ1) is 13.8. The number of ether oxygens (including phenoxy) is 2. The van der Waals surface area contributed by atoms with Crippen LogP contribution in [0.1, 0.15) is 54.0 Å². The van der Waals surface area contributed by atoms with Gasteiger partial charge in [0.2, 0.25) is 0 Å². The molecule has 2 unspecified atom stereocenters. The first-order valence-corrected chi connectivity index (χ1v) is 9.97. The van der Waals surface area contributed by atoms with Crippen molar-refractivity contribution in [2.24, 2.45) is 0 Å². The molecule has 2 amide bonds. The van der Waals surface area contributed by atoms with Crippen molar-refractivity contribution < 1.29 is 19.1 Å². The van der Waals surface area contributed by atoms with Crippen LogP contribution in [0.5, 0.6) is 11.5 Å². The second-order valence-electron chi connectivity index (χ2n) is 7.28. The highest BCUT2D eigenvalue weighted by atomic mass is 35.5. The fraction of sp³-hybridized carbons (Fsp3) is 0.429. The lowest BCUT2D eigenvalue weighted by molar-refractivity contribution is 0.0511. The maximum absolute atomic E-state index is 13.5. The van der Waals surface area contributed by atoms with Gasteiger partial charge in [0.05, 0.1) is 30.5 Å². The van der Waals surface area contributed by atoms with E-state index < -0.39 is 5.91 Å². The Morgan fingerprint density at radius 2 is 1.72 bits per heavy atom. The number of likely N-dealkylation sites (tertiary alicyclic amines) is 1. The van der Waals surface area contributed by atoms with Gasteiger partial charge in [-0.3, -0.25) is 9.59 Å². The third-order valence-corrected chi connectivity index (χ3v) is 5.54. The predicted octanol–water partition coefficient (Wildman–Crippen LogP) is 4.34. The summed E-state index contributed by atoms with van der Waals surface area (Å²) in [6, 6.07) is 4.98. The molecule has 1 saturated heterocycles. The molecule has 3 rings (SSSR count). The van der Waals surface area contributed by atoms with Crippen LogP contribution < -0.4 is 14.8 Å². The highest BCUT2D eigenvalue weighted by Crippen LogP contribution is 2.36. The van der Waals surface area contributed by atoms with Crippen molar-refractivity contribution in [2.75, 3.05) is 19.5 Å². The minimum Gasteiger partial charge on any atom is -0.493 e. The lowest BCUT2D eigenvalue weighted by atomic mass is 9.96. The molecule has 0 bridgehead atoms. The zero-order valence-corrected chi connectivity index (χ0v) is 17.8. The Morgan fingerprint density at radius 1 is 1.10 bits per heavy atom. The van der Waals surface area contributed by atoms with Crippen LogP contribution in [0.3, 0.4) is 0 Å². The van der Waals surface area contributed by atoms with Crippen molar-refractivity contribution >= 4 is 29.1 Å². The van der Waals surface area contributed by atoms with E-state index in [1.807, 2.05) is 18.7 Å². The van der Waals surface area contributed by atoms with Gasteiger partial charge in [-0.05, 0) is 45.2 Å². The van der Waals surface area contributed by atoms with Crippen LogP contribution in [0.25, 0.3) is 0 Å². The zero-order valence-electron chi connectivity index (χ0n) is 17.0. The number of rotatable bonds is 5. The van der Waals surface area contributed by atoms with E-state index in [4.69, 9.17) is 21.1 Å². The Bertz CT molecular complexity index is 901. The Hall–Kier alpha value is -2.67. The average molecular weight is 420 g/mol. The van der Waals surface area contributed by atoms with Gasteiger partial charge in [-0.15, -0.1) is 0 Å². The largest absolute Gasteiger partial charge is 0.493 e. The summed E-state index contributed by atoms with van der Waals surface area (Å²) in [6.07, 6.45) is 4.52. The number of amides is 2. The van der Waals surface area contributed by atoms with E-state index in [-0.39, 0.29) is 18.0 Å². The summed E-state index contributed by atoms with van der Waals surface area (Å²) >= 11 is 5.90. The number of aromatic nitrogens is 1. The molecule has 0 saturated carbocycles. The van der Waals surface area contributed by atoms with Gasteiger partial charge in [0.15, 0.2) is 11.5 Å². The van der Waals surface area contributed by atoms with E-state index in [1.54, 1.807) is 12.1 Å². The van der Waals surface area contributed by atoms with E-state index in [2.05, 4.69) is 10.3 Å². The van der Waals surface area contributed by atoms with Crippen LogP contribution >= 0.6 is 11.6 Å². The molecular formula is C21H26ClN3O4. The van der Waals surface area contributed by atoms with Crippen LogP contribution in [-0.4, -0.2) is 48.0 Å². The molecule has 0 radical (unpaired) electrons. The molecule has 7 nitrogen and oxygen atoms in total. The lowest BCUT2D eigenvalue weighted by Crippen LogP contribution is -2.47. The summed E-state index contributed by atoms with van der Waals surface area (Å²) in [7, 11) is 3.02. The van der Waals surface area contributed by atoms with Crippen LogP contribution in [0.2, 0.25) is 5.02 Å². The van der Waals surface area contributed by atoms with Gasteiger partial charge in [0.1, 0.15) is 5.69 Å². The number of benzene rings is 1. The molecule has 1 aromatic heterocycles. The number of carbonyl (C=O) groups excluding carboxylic acids is 2. The fourth-order valence-electron chi connectivity index (χ4n) is 3.81.